The minimum Gasteiger partial charge on any atom is -0.211 e. The van der Waals surface area contributed by atoms with Crippen LogP contribution in [0.5, 0.6) is 0 Å². The first-order valence-corrected chi connectivity index (χ1v) is 5.16. The molecule has 0 nitrogen and oxygen atoms in total. The van der Waals surface area contributed by atoms with E-state index < -0.39 is 51.3 Å². The van der Waals surface area contributed by atoms with E-state index in [2.05, 4.69) is 23.2 Å². The Labute approximate surface area is 115 Å². The molecule has 0 aliphatic rings. The Morgan fingerprint density at radius 2 is 1.10 bits per heavy atom. The lowest BCUT2D eigenvalue weighted by atomic mass is 10.0. The van der Waals surface area contributed by atoms with Crippen molar-refractivity contribution >= 4 is 23.2 Å². The lowest BCUT2D eigenvalue weighted by Crippen LogP contribution is -2.49. The zero-order valence-corrected chi connectivity index (χ0v) is 10.2. The minimum absolute atomic E-state index is 0.475. The summed E-state index contributed by atoms with van der Waals surface area (Å²) in [6.45, 7) is 0. The summed E-state index contributed by atoms with van der Waals surface area (Å²) >= 11 is 8.20. The molecular weight excluding hydrogens is 350 g/mol. The van der Waals surface area contributed by atoms with Crippen LogP contribution in [0.2, 0.25) is 0 Å². The van der Waals surface area contributed by atoms with Crippen molar-refractivity contribution in [3.63, 3.8) is 0 Å². The molecule has 114 valence electrons. The quantitative estimate of drug-likeness (QED) is 0.405. The van der Waals surface area contributed by atoms with Gasteiger partial charge in [-0.15, -0.1) is 0 Å². The molecule has 0 radical (unpaired) electrons. The number of alkyl halides is 7. The van der Waals surface area contributed by atoms with Crippen LogP contribution in [0.4, 0.5) is 39.5 Å². The molecule has 0 aliphatic heterocycles. The zero-order valence-electron chi connectivity index (χ0n) is 8.73. The van der Waals surface area contributed by atoms with E-state index in [1.54, 1.807) is 0 Å². The molecular formula is C9HCl2F9. The summed E-state index contributed by atoms with van der Waals surface area (Å²) in [7, 11) is 0. The molecule has 1 rings (SSSR count). The second-order valence-electron chi connectivity index (χ2n) is 3.49. The fourth-order valence-electron chi connectivity index (χ4n) is 1.18. The first kappa shape index (κ1) is 17.2. The highest BCUT2D eigenvalue weighted by Crippen LogP contribution is 2.55. The fourth-order valence-corrected chi connectivity index (χ4v) is 1.40. The van der Waals surface area contributed by atoms with Gasteiger partial charge in [-0.3, -0.25) is 0 Å². The Morgan fingerprint density at radius 3 is 1.40 bits per heavy atom. The van der Waals surface area contributed by atoms with Crippen molar-refractivity contribution in [2.75, 3.05) is 0 Å². The van der Waals surface area contributed by atoms with Crippen molar-refractivity contribution in [2.45, 2.75) is 16.4 Å². The molecule has 0 heterocycles. The average molecular weight is 351 g/mol. The Balaban J connectivity index is 3.67. The van der Waals surface area contributed by atoms with Gasteiger partial charge in [0.1, 0.15) is 5.56 Å². The first-order chi connectivity index (χ1) is 8.75. The van der Waals surface area contributed by atoms with Crippen LogP contribution in [0.25, 0.3) is 0 Å². The van der Waals surface area contributed by atoms with Gasteiger partial charge in [-0.05, 0) is 11.6 Å². The van der Waals surface area contributed by atoms with E-state index in [4.69, 9.17) is 0 Å². The number of hydrogen-bond donors (Lipinski definition) is 0. The zero-order chi connectivity index (χ0) is 16.1. The molecule has 0 aromatic heterocycles. The molecule has 0 N–H and O–H groups in total. The topological polar surface area (TPSA) is 0 Å². The summed E-state index contributed by atoms with van der Waals surface area (Å²) in [6, 6.07) is -0.475. The van der Waals surface area contributed by atoms with Crippen LogP contribution < -0.4 is 0 Å². The predicted molar refractivity (Wildman–Crippen MR) is 50.7 cm³/mol. The second-order valence-corrected chi connectivity index (χ2v) is 4.49. The van der Waals surface area contributed by atoms with Crippen molar-refractivity contribution in [2.24, 2.45) is 0 Å². The molecule has 0 saturated carbocycles. The van der Waals surface area contributed by atoms with Gasteiger partial charge in [-0.2, -0.15) is 17.6 Å². The standard InChI is InChI=1S/C9HCl2F9/c10-8(18,9(11,19)20)7(16,17)4-5(14)2(12)1-3(13)6(4)15/h1H. The number of rotatable bonds is 3. The second kappa shape index (κ2) is 4.87. The van der Waals surface area contributed by atoms with Crippen LogP contribution in [0.1, 0.15) is 5.56 Å². The third-order valence-electron chi connectivity index (χ3n) is 2.18. The van der Waals surface area contributed by atoms with Crippen molar-refractivity contribution in [1.29, 1.82) is 0 Å². The van der Waals surface area contributed by atoms with Gasteiger partial charge >= 0.3 is 16.4 Å². The van der Waals surface area contributed by atoms with Crippen LogP contribution in [-0.4, -0.2) is 10.5 Å². The largest absolute Gasteiger partial charge is 0.375 e. The summed E-state index contributed by atoms with van der Waals surface area (Å²) in [4.78, 5) is 0. The molecule has 20 heavy (non-hydrogen) atoms. The van der Waals surface area contributed by atoms with Gasteiger partial charge < -0.3 is 0 Å². The summed E-state index contributed by atoms with van der Waals surface area (Å²) in [5.41, 5.74) is -2.94. The highest BCUT2D eigenvalue weighted by Gasteiger charge is 2.71. The lowest BCUT2D eigenvalue weighted by Gasteiger charge is -2.31. The van der Waals surface area contributed by atoms with Crippen LogP contribution in [0, 0.1) is 23.3 Å². The third kappa shape index (κ3) is 2.41. The van der Waals surface area contributed by atoms with Gasteiger partial charge in [0.2, 0.25) is 0 Å². The highest BCUT2D eigenvalue weighted by atomic mass is 35.5. The molecule has 0 amide bonds. The third-order valence-corrected chi connectivity index (χ3v) is 3.01. The molecule has 0 spiro atoms. The van der Waals surface area contributed by atoms with E-state index in [1.807, 2.05) is 0 Å². The number of hydrogen-bond acceptors (Lipinski definition) is 0. The summed E-state index contributed by atoms with van der Waals surface area (Å²) < 4.78 is 117. The molecule has 0 bridgehead atoms. The molecule has 11 heteroatoms. The Bertz CT molecular complexity index is 509. The van der Waals surface area contributed by atoms with E-state index >= 15 is 0 Å². The minimum atomic E-state index is -5.88. The molecule has 1 aromatic rings. The van der Waals surface area contributed by atoms with Gasteiger partial charge in [0.25, 0.3) is 0 Å². The van der Waals surface area contributed by atoms with E-state index in [-0.39, 0.29) is 0 Å². The van der Waals surface area contributed by atoms with Crippen LogP contribution >= 0.6 is 23.2 Å². The number of halogens is 11. The maximum Gasteiger partial charge on any atom is 0.375 e. The summed E-state index contributed by atoms with van der Waals surface area (Å²) in [5, 5.41) is -11.0. The maximum absolute atomic E-state index is 13.4. The van der Waals surface area contributed by atoms with Crippen LogP contribution in [-0.2, 0) is 5.92 Å². The Morgan fingerprint density at radius 1 is 0.750 bits per heavy atom. The Kier molecular flexibility index (Phi) is 4.19. The van der Waals surface area contributed by atoms with Gasteiger partial charge in [-0.1, -0.05) is 11.6 Å². The molecule has 0 saturated heterocycles. The first-order valence-electron chi connectivity index (χ1n) is 4.41. The van der Waals surface area contributed by atoms with E-state index in [9.17, 15) is 39.5 Å². The lowest BCUT2D eigenvalue weighted by molar-refractivity contribution is -0.179. The van der Waals surface area contributed by atoms with Gasteiger partial charge in [-0.25, -0.2) is 22.0 Å². The molecule has 1 unspecified atom stereocenters. The summed E-state index contributed by atoms with van der Waals surface area (Å²) in [6.07, 6.45) is 0. The molecule has 0 fully saturated rings. The SMILES string of the molecule is Fc1cc(F)c(F)c(C(F)(F)C(F)(Cl)C(F)(F)Cl)c1F. The molecule has 1 aromatic carbocycles. The van der Waals surface area contributed by atoms with Crippen LogP contribution in [0.3, 0.4) is 0 Å². The van der Waals surface area contributed by atoms with Crippen molar-refractivity contribution < 1.29 is 39.5 Å². The average Bonchev–Trinajstić information content (AvgIpc) is 2.24. The van der Waals surface area contributed by atoms with Crippen molar-refractivity contribution in [1.82, 2.24) is 0 Å². The summed E-state index contributed by atoms with van der Waals surface area (Å²) in [5.74, 6) is -16.2. The molecule has 1 atom stereocenters. The van der Waals surface area contributed by atoms with Crippen LogP contribution in [0.15, 0.2) is 6.07 Å². The van der Waals surface area contributed by atoms with Gasteiger partial charge in [0.15, 0.2) is 23.3 Å². The number of benzene rings is 1. The fraction of sp³-hybridized carbons (Fsp3) is 0.333. The highest BCUT2D eigenvalue weighted by molar-refractivity contribution is 6.33. The van der Waals surface area contributed by atoms with Crippen molar-refractivity contribution in [3.8, 4) is 0 Å². The predicted octanol–water partition coefficient (Wildman–Crippen LogP) is 5.07. The van der Waals surface area contributed by atoms with Gasteiger partial charge in [0, 0.05) is 6.07 Å². The van der Waals surface area contributed by atoms with E-state index in [0.29, 0.717) is 0 Å². The monoisotopic (exact) mass is 350 g/mol. The van der Waals surface area contributed by atoms with Crippen molar-refractivity contribution in [3.05, 3.63) is 34.9 Å². The normalized spacial score (nSPS) is 16.1. The maximum atomic E-state index is 13.4. The van der Waals surface area contributed by atoms with Gasteiger partial charge in [0.05, 0.1) is 0 Å². The van der Waals surface area contributed by atoms with E-state index in [1.165, 1.54) is 0 Å². The Hall–Kier alpha value is -0.830. The smallest absolute Gasteiger partial charge is 0.211 e. The van der Waals surface area contributed by atoms with E-state index in [0.717, 1.165) is 0 Å². The molecule has 0 aliphatic carbocycles.